The minimum absolute atomic E-state index is 0.0207. The number of aromatic amines is 1. The van der Waals surface area contributed by atoms with Crippen LogP contribution in [-0.2, 0) is 4.92 Å². The topological polar surface area (TPSA) is 233 Å². The first kappa shape index (κ1) is 33.3. The Morgan fingerprint density at radius 1 is 1.24 bits per heavy atom. The second-order valence-electron chi connectivity index (χ2n) is 7.92. The molecule has 1 amide bonds. The second kappa shape index (κ2) is 16.4. The number of rotatable bonds is 10. The monoisotopic (exact) mass is 908 g/mol. The van der Waals surface area contributed by atoms with Crippen LogP contribution in [0, 0.1) is 5.41 Å². The van der Waals surface area contributed by atoms with E-state index in [1.54, 1.807) is 24.3 Å². The molecular weight excluding hydrogens is 880 g/mol. The Hall–Kier alpha value is -0.946. The summed E-state index contributed by atoms with van der Waals surface area (Å²) in [6, 6.07) is 5.05. The van der Waals surface area contributed by atoms with E-state index < -0.39 is 30.1 Å². The number of benzene rings is 1. The van der Waals surface area contributed by atoms with Crippen molar-refractivity contribution in [2.24, 2.45) is 0 Å². The summed E-state index contributed by atoms with van der Waals surface area (Å²) in [5.74, 6) is -0.269. The van der Waals surface area contributed by atoms with Crippen LogP contribution in [0.3, 0.4) is 0 Å². The Labute approximate surface area is 255 Å². The summed E-state index contributed by atoms with van der Waals surface area (Å²) in [5, 5.41) is 53.1. The van der Waals surface area contributed by atoms with E-state index in [2.05, 4.69) is 85.9 Å². The third-order valence-electron chi connectivity index (χ3n) is 5.31. The zero-order chi connectivity index (χ0) is 28.4. The SMILES string of the molecule is N=CN1c2c(nc(N)[nH]c2=O)NC[C@@H]1CNc1ccc(C(=O)N[C@@H](CCC(O)O)C(O)O)cc1.[I][V]([I])[I]. The van der Waals surface area contributed by atoms with Crippen LogP contribution in [0.2, 0.25) is 0 Å². The summed E-state index contributed by atoms with van der Waals surface area (Å²) in [6.07, 6.45) is -2.59. The molecule has 1 aliphatic rings. The molecule has 1 aromatic carbocycles. The van der Waals surface area contributed by atoms with Crippen molar-refractivity contribution in [3.05, 3.63) is 40.2 Å². The number of carbonyl (C=O) groups is 1. The van der Waals surface area contributed by atoms with E-state index in [9.17, 15) is 19.8 Å². The zero-order valence-corrected chi connectivity index (χ0v) is 27.6. The molecule has 2 heterocycles. The molecule has 0 radical (unpaired) electrons. The van der Waals surface area contributed by atoms with Gasteiger partial charge >= 0.3 is 64.9 Å². The van der Waals surface area contributed by atoms with Crippen molar-refractivity contribution in [2.75, 3.05) is 34.4 Å². The summed E-state index contributed by atoms with van der Waals surface area (Å²) in [7, 11) is 0. The van der Waals surface area contributed by atoms with Gasteiger partial charge in [-0.1, -0.05) is 0 Å². The fourth-order valence-corrected chi connectivity index (χ4v) is 3.53. The van der Waals surface area contributed by atoms with Gasteiger partial charge < -0.3 is 47.0 Å². The fraction of sp³-hybridized carbons (Fsp3) is 0.400. The number of aliphatic hydroxyl groups is 4. The van der Waals surface area contributed by atoms with Crippen LogP contribution in [0.1, 0.15) is 23.2 Å². The van der Waals surface area contributed by atoms with E-state index in [1.165, 1.54) is 4.90 Å². The van der Waals surface area contributed by atoms with Gasteiger partial charge in [0.05, 0.1) is 18.4 Å². The number of nitrogens with two attached hydrogens (primary N) is 1. The Balaban J connectivity index is 0.00000118. The van der Waals surface area contributed by atoms with Crippen LogP contribution >= 0.6 is 59.9 Å². The number of H-pyrrole nitrogens is 1. The standard InChI is InChI=1S/C20H28N8O6.3HI.V/c21-9-28-12(8-24-16-15(28)18(32)27-20(22)26-16)7-23-11-3-1-10(2-4-11)17(31)25-13(19(33)34)5-6-14(29)30;;;;/h1-4,9,12-14,19,21,23,29-30,33-34H,5-8H2,(H,25,31)(H4,22,24,26,27,32);3*1H;/q;;;;+3/p-3/t12-,13-;;;;/m0..../s1. The number of carbonyl (C=O) groups excluding carboxylic acids is 1. The van der Waals surface area contributed by atoms with Crippen molar-refractivity contribution >= 4 is 95.3 Å². The van der Waals surface area contributed by atoms with E-state index in [0.29, 0.717) is 24.6 Å². The van der Waals surface area contributed by atoms with E-state index in [1.807, 2.05) is 0 Å². The molecule has 2 aromatic rings. The number of halogens is 3. The van der Waals surface area contributed by atoms with Gasteiger partial charge in [0.15, 0.2) is 24.1 Å². The number of nitrogens with zero attached hydrogens (tertiary/aromatic N) is 2. The zero-order valence-electron chi connectivity index (χ0n) is 19.7. The van der Waals surface area contributed by atoms with Crippen LogP contribution in [0.4, 0.5) is 23.1 Å². The van der Waals surface area contributed by atoms with E-state index in [0.717, 1.165) is 6.34 Å². The number of hydrogen-bond acceptors (Lipinski definition) is 11. The first-order valence-corrected chi connectivity index (χ1v) is 24.5. The van der Waals surface area contributed by atoms with Gasteiger partial charge in [-0.25, -0.2) is 0 Å². The van der Waals surface area contributed by atoms with E-state index in [4.69, 9.17) is 21.4 Å². The van der Waals surface area contributed by atoms with Crippen LogP contribution in [-0.4, -0.2) is 80.4 Å². The summed E-state index contributed by atoms with van der Waals surface area (Å²) in [4.78, 5) is 32.4. The molecule has 11 N–H and O–H groups in total. The maximum atomic E-state index is 12.4. The minimum atomic E-state index is -1.85. The van der Waals surface area contributed by atoms with E-state index in [-0.39, 0.29) is 41.0 Å². The molecule has 0 bridgehead atoms. The molecule has 210 valence electrons. The first-order valence-electron chi connectivity index (χ1n) is 11.0. The average molecular weight is 908 g/mol. The number of aromatic nitrogens is 2. The fourth-order valence-electron chi connectivity index (χ4n) is 3.53. The van der Waals surface area contributed by atoms with Gasteiger partial charge in [-0.15, -0.1) is 0 Å². The molecule has 18 heteroatoms. The van der Waals surface area contributed by atoms with Crippen LogP contribution in [0.15, 0.2) is 29.1 Å². The molecular formula is C20H28I3N8O6V. The molecule has 2 atom stereocenters. The van der Waals surface area contributed by atoms with Crippen LogP contribution < -0.4 is 32.1 Å². The number of aliphatic hydroxyl groups excluding tert-OH is 2. The molecule has 0 spiro atoms. The maximum absolute atomic E-state index is 12.4. The first-order chi connectivity index (χ1) is 17.9. The van der Waals surface area contributed by atoms with Crippen molar-refractivity contribution in [2.45, 2.75) is 37.5 Å². The summed E-state index contributed by atoms with van der Waals surface area (Å²) < 4.78 is 0. The van der Waals surface area contributed by atoms with E-state index >= 15 is 0 Å². The van der Waals surface area contributed by atoms with Gasteiger partial charge in [0.1, 0.15) is 0 Å². The Bertz CT molecular complexity index is 1120. The Kier molecular flexibility index (Phi) is 14.3. The summed E-state index contributed by atoms with van der Waals surface area (Å²) in [6.45, 7) is 0.763. The Morgan fingerprint density at radius 3 is 2.42 bits per heavy atom. The molecule has 0 unspecified atom stereocenters. The van der Waals surface area contributed by atoms with Crippen molar-refractivity contribution in [3.8, 4) is 0 Å². The predicted octanol–water partition coefficient (Wildman–Crippen LogP) is 0.826. The molecule has 1 aliphatic heterocycles. The van der Waals surface area contributed by atoms with Gasteiger partial charge in [-0.2, -0.15) is 4.98 Å². The van der Waals surface area contributed by atoms with Crippen molar-refractivity contribution in [1.82, 2.24) is 15.3 Å². The number of anilines is 4. The molecule has 0 fully saturated rings. The quantitative estimate of drug-likeness (QED) is 0.0695. The Morgan fingerprint density at radius 2 is 1.87 bits per heavy atom. The van der Waals surface area contributed by atoms with Crippen molar-refractivity contribution < 1.29 is 30.1 Å². The van der Waals surface area contributed by atoms with Gasteiger partial charge in [0.2, 0.25) is 5.95 Å². The van der Waals surface area contributed by atoms with Crippen LogP contribution in [0.25, 0.3) is 0 Å². The molecule has 0 saturated heterocycles. The summed E-state index contributed by atoms with van der Waals surface area (Å²) >= 11 is 7.39. The van der Waals surface area contributed by atoms with Gasteiger partial charge in [0, 0.05) is 30.8 Å². The molecule has 0 aliphatic carbocycles. The third kappa shape index (κ3) is 10.6. The number of hydrogen-bond donors (Lipinski definition) is 10. The molecule has 3 rings (SSSR count). The van der Waals surface area contributed by atoms with Crippen molar-refractivity contribution in [3.63, 3.8) is 0 Å². The normalized spacial score (nSPS) is 15.3. The number of amides is 1. The molecule has 1 aromatic heterocycles. The van der Waals surface area contributed by atoms with Gasteiger partial charge in [-0.3, -0.25) is 20.0 Å². The number of nitrogens with one attached hydrogen (secondary N) is 5. The number of fused-ring (bicyclic) bond motifs is 1. The summed E-state index contributed by atoms with van der Waals surface area (Å²) in [5.41, 5.74) is 6.26. The van der Waals surface area contributed by atoms with Crippen molar-refractivity contribution in [1.29, 1.82) is 5.41 Å². The molecule has 0 saturated carbocycles. The molecule has 14 nitrogen and oxygen atoms in total. The van der Waals surface area contributed by atoms with Gasteiger partial charge in [-0.05, 0) is 30.7 Å². The van der Waals surface area contributed by atoms with Crippen LogP contribution in [0.5, 0.6) is 0 Å². The van der Waals surface area contributed by atoms with Gasteiger partial charge in [0.25, 0.3) is 11.5 Å². The molecule has 38 heavy (non-hydrogen) atoms. The number of nitrogen functional groups attached to an aromatic ring is 1. The second-order valence-corrected chi connectivity index (χ2v) is 43.3. The predicted molar refractivity (Wildman–Crippen MR) is 167 cm³/mol. The average Bonchev–Trinajstić information content (AvgIpc) is 2.84. The third-order valence-corrected chi connectivity index (χ3v) is 5.31.